The van der Waals surface area contributed by atoms with E-state index in [2.05, 4.69) is 22.5 Å². The number of nitrogens with zero attached hydrogens (tertiary/aromatic N) is 2. The molecule has 1 atom stereocenters. The van der Waals surface area contributed by atoms with Gasteiger partial charge in [0.1, 0.15) is 0 Å². The van der Waals surface area contributed by atoms with Gasteiger partial charge in [-0.15, -0.1) is 0 Å². The lowest BCUT2D eigenvalue weighted by molar-refractivity contribution is -0.130. The fourth-order valence-corrected chi connectivity index (χ4v) is 5.07. The van der Waals surface area contributed by atoms with Crippen LogP contribution in [0.5, 0.6) is 0 Å². The number of rotatable bonds is 6. The SMILES string of the molecule is CC(=O)N1CCC(NC(=O)CN[C@@H](C)C2(N3CCOCC3)CCCC2)CC1. The Morgan fingerprint density at radius 1 is 1.11 bits per heavy atom. The number of ether oxygens (including phenoxy) is 1. The van der Waals surface area contributed by atoms with Crippen LogP contribution in [0, 0.1) is 0 Å². The third-order valence-electron chi connectivity index (χ3n) is 6.79. The zero-order chi connectivity index (χ0) is 19.3. The second kappa shape index (κ2) is 9.34. The first-order valence-electron chi connectivity index (χ1n) is 10.6. The molecule has 2 N–H and O–H groups in total. The molecule has 1 aliphatic carbocycles. The molecule has 0 unspecified atom stereocenters. The van der Waals surface area contributed by atoms with Crippen molar-refractivity contribution >= 4 is 11.8 Å². The van der Waals surface area contributed by atoms with Gasteiger partial charge in [-0.25, -0.2) is 0 Å². The molecule has 7 nitrogen and oxygen atoms in total. The van der Waals surface area contributed by atoms with E-state index in [-0.39, 0.29) is 29.4 Å². The average Bonchev–Trinajstić information content (AvgIpc) is 3.18. The Morgan fingerprint density at radius 3 is 2.33 bits per heavy atom. The fraction of sp³-hybridized carbons (Fsp3) is 0.900. The van der Waals surface area contributed by atoms with Gasteiger partial charge in [-0.1, -0.05) is 12.8 Å². The van der Waals surface area contributed by atoms with Crippen LogP contribution < -0.4 is 10.6 Å². The molecule has 2 heterocycles. The third kappa shape index (κ3) is 5.00. The minimum Gasteiger partial charge on any atom is -0.379 e. The summed E-state index contributed by atoms with van der Waals surface area (Å²) in [5, 5.41) is 6.66. The summed E-state index contributed by atoms with van der Waals surface area (Å²) < 4.78 is 5.54. The molecule has 0 aromatic rings. The summed E-state index contributed by atoms with van der Waals surface area (Å²) >= 11 is 0. The van der Waals surface area contributed by atoms with Crippen molar-refractivity contribution in [2.24, 2.45) is 0 Å². The summed E-state index contributed by atoms with van der Waals surface area (Å²) in [6.45, 7) is 9.30. The Morgan fingerprint density at radius 2 is 1.74 bits per heavy atom. The zero-order valence-corrected chi connectivity index (χ0v) is 17.0. The standard InChI is InChI=1S/C20H36N4O3/c1-16(20(7-3-4-8-20)24-11-13-27-14-12-24)21-15-19(26)22-18-5-9-23(10-6-18)17(2)25/h16,18,21H,3-15H2,1-2H3,(H,22,26)/t16-/m0/s1. The monoisotopic (exact) mass is 380 g/mol. The van der Waals surface area contributed by atoms with Crippen LogP contribution in [-0.2, 0) is 14.3 Å². The molecule has 7 heteroatoms. The van der Waals surface area contributed by atoms with Crippen molar-refractivity contribution in [3.63, 3.8) is 0 Å². The molecular formula is C20H36N4O3. The van der Waals surface area contributed by atoms with Crippen molar-refractivity contribution in [1.82, 2.24) is 20.4 Å². The summed E-state index contributed by atoms with van der Waals surface area (Å²) in [7, 11) is 0. The van der Waals surface area contributed by atoms with Gasteiger partial charge in [0, 0.05) is 50.7 Å². The van der Waals surface area contributed by atoms with Crippen molar-refractivity contribution in [2.45, 2.75) is 70.0 Å². The molecule has 1 saturated carbocycles. The minimum absolute atomic E-state index is 0.0678. The average molecular weight is 381 g/mol. The molecule has 0 aromatic carbocycles. The number of hydrogen-bond donors (Lipinski definition) is 2. The van der Waals surface area contributed by atoms with E-state index in [0.717, 1.165) is 52.2 Å². The van der Waals surface area contributed by atoms with Gasteiger partial charge < -0.3 is 20.3 Å². The van der Waals surface area contributed by atoms with Crippen LogP contribution in [0.2, 0.25) is 0 Å². The van der Waals surface area contributed by atoms with E-state index >= 15 is 0 Å². The van der Waals surface area contributed by atoms with Crippen LogP contribution in [0.25, 0.3) is 0 Å². The molecule has 27 heavy (non-hydrogen) atoms. The van der Waals surface area contributed by atoms with Gasteiger partial charge in [0.05, 0.1) is 19.8 Å². The summed E-state index contributed by atoms with van der Waals surface area (Å²) in [5.41, 5.74) is 0.164. The molecular weight excluding hydrogens is 344 g/mol. The Balaban J connectivity index is 1.45. The highest BCUT2D eigenvalue weighted by Gasteiger charge is 2.44. The second-order valence-electron chi connectivity index (χ2n) is 8.36. The highest BCUT2D eigenvalue weighted by Crippen LogP contribution is 2.38. The number of hydrogen-bond acceptors (Lipinski definition) is 5. The highest BCUT2D eigenvalue weighted by atomic mass is 16.5. The van der Waals surface area contributed by atoms with Gasteiger partial charge in [-0.3, -0.25) is 14.5 Å². The van der Waals surface area contributed by atoms with Gasteiger partial charge in [0.2, 0.25) is 11.8 Å². The number of amides is 2. The molecule has 0 aromatic heterocycles. The van der Waals surface area contributed by atoms with Crippen molar-refractivity contribution < 1.29 is 14.3 Å². The van der Waals surface area contributed by atoms with Crippen LogP contribution in [0.4, 0.5) is 0 Å². The molecule has 2 saturated heterocycles. The van der Waals surface area contributed by atoms with Crippen LogP contribution in [0.1, 0.15) is 52.4 Å². The highest BCUT2D eigenvalue weighted by molar-refractivity contribution is 5.78. The molecule has 2 aliphatic heterocycles. The number of likely N-dealkylation sites (tertiary alicyclic amines) is 1. The summed E-state index contributed by atoms with van der Waals surface area (Å²) in [4.78, 5) is 28.3. The lowest BCUT2D eigenvalue weighted by Crippen LogP contribution is -2.62. The maximum atomic E-state index is 12.4. The Labute approximate surface area is 163 Å². The van der Waals surface area contributed by atoms with E-state index in [1.165, 1.54) is 25.7 Å². The zero-order valence-electron chi connectivity index (χ0n) is 17.0. The van der Waals surface area contributed by atoms with Crippen molar-refractivity contribution in [2.75, 3.05) is 45.9 Å². The number of morpholine rings is 1. The largest absolute Gasteiger partial charge is 0.379 e. The number of carbonyl (C=O) groups excluding carboxylic acids is 2. The third-order valence-corrected chi connectivity index (χ3v) is 6.79. The molecule has 3 aliphatic rings. The molecule has 0 bridgehead atoms. The Bertz CT molecular complexity index is 507. The van der Waals surface area contributed by atoms with E-state index in [1.54, 1.807) is 6.92 Å². The van der Waals surface area contributed by atoms with Crippen molar-refractivity contribution in [3.8, 4) is 0 Å². The number of nitrogens with one attached hydrogen (secondary N) is 2. The van der Waals surface area contributed by atoms with E-state index in [1.807, 2.05) is 4.90 Å². The quantitative estimate of drug-likeness (QED) is 0.711. The minimum atomic E-state index is 0.0678. The maximum Gasteiger partial charge on any atom is 0.234 e. The molecule has 0 radical (unpaired) electrons. The molecule has 2 amide bonds. The maximum absolute atomic E-state index is 12.4. The fourth-order valence-electron chi connectivity index (χ4n) is 5.07. The predicted molar refractivity (Wildman–Crippen MR) is 104 cm³/mol. The van der Waals surface area contributed by atoms with Gasteiger partial charge in [-0.2, -0.15) is 0 Å². The second-order valence-corrected chi connectivity index (χ2v) is 8.36. The lowest BCUT2D eigenvalue weighted by atomic mass is 9.86. The van der Waals surface area contributed by atoms with E-state index in [0.29, 0.717) is 6.54 Å². The van der Waals surface area contributed by atoms with Gasteiger partial charge >= 0.3 is 0 Å². The molecule has 3 fully saturated rings. The van der Waals surface area contributed by atoms with Gasteiger partial charge in [0.25, 0.3) is 0 Å². The van der Waals surface area contributed by atoms with Crippen LogP contribution in [-0.4, -0.2) is 85.2 Å². The summed E-state index contributed by atoms with van der Waals surface area (Å²) in [5.74, 6) is 0.193. The van der Waals surface area contributed by atoms with Crippen molar-refractivity contribution in [1.29, 1.82) is 0 Å². The first kappa shape index (κ1) is 20.6. The van der Waals surface area contributed by atoms with E-state index < -0.39 is 0 Å². The van der Waals surface area contributed by atoms with Gasteiger partial charge in [0.15, 0.2) is 0 Å². The Hall–Kier alpha value is -1.18. The topological polar surface area (TPSA) is 73.9 Å². The predicted octanol–water partition coefficient (Wildman–Crippen LogP) is 0.737. The normalized spacial score (nSPS) is 25.3. The Kier molecular flexibility index (Phi) is 7.11. The van der Waals surface area contributed by atoms with Crippen LogP contribution in [0.3, 0.4) is 0 Å². The number of piperidine rings is 1. The molecule has 3 rings (SSSR count). The number of carbonyl (C=O) groups is 2. The summed E-state index contributed by atoms with van der Waals surface area (Å²) in [6.07, 6.45) is 6.63. The van der Waals surface area contributed by atoms with Crippen LogP contribution in [0.15, 0.2) is 0 Å². The smallest absolute Gasteiger partial charge is 0.234 e. The van der Waals surface area contributed by atoms with Crippen molar-refractivity contribution in [3.05, 3.63) is 0 Å². The first-order chi connectivity index (χ1) is 13.0. The van der Waals surface area contributed by atoms with E-state index in [4.69, 9.17) is 4.74 Å². The lowest BCUT2D eigenvalue weighted by Gasteiger charge is -2.47. The molecule has 154 valence electrons. The van der Waals surface area contributed by atoms with Gasteiger partial charge in [-0.05, 0) is 32.6 Å². The first-order valence-corrected chi connectivity index (χ1v) is 10.6. The van der Waals surface area contributed by atoms with Crippen LogP contribution >= 0.6 is 0 Å². The molecule has 0 spiro atoms. The summed E-state index contributed by atoms with van der Waals surface area (Å²) in [6, 6.07) is 0.466. The van der Waals surface area contributed by atoms with E-state index in [9.17, 15) is 9.59 Å².